The quantitative estimate of drug-likeness (QED) is 0.636. The number of hydrogen-bond donors (Lipinski definition) is 1. The highest BCUT2D eigenvalue weighted by Crippen LogP contribution is 2.36. The number of nitrogens with one attached hydrogen (secondary N) is 1. The molecule has 3 rings (SSSR count). The van der Waals surface area contributed by atoms with Gasteiger partial charge in [0, 0.05) is 22.9 Å². The fourth-order valence-electron chi connectivity index (χ4n) is 2.61. The van der Waals surface area contributed by atoms with E-state index in [1.807, 2.05) is 24.3 Å². The van der Waals surface area contributed by atoms with Crippen LogP contribution in [-0.4, -0.2) is 4.98 Å². The highest BCUT2D eigenvalue weighted by molar-refractivity contribution is 9.10. The van der Waals surface area contributed by atoms with E-state index >= 15 is 0 Å². The van der Waals surface area contributed by atoms with Gasteiger partial charge in [-0.05, 0) is 53.0 Å². The molecule has 6 heteroatoms. The number of hydrogen-bond acceptors (Lipinski definition) is 2. The molecule has 1 radical (unpaired) electrons. The Morgan fingerprint density at radius 3 is 2.50 bits per heavy atom. The van der Waals surface area contributed by atoms with Gasteiger partial charge in [0.05, 0.1) is 0 Å². The maximum absolute atomic E-state index is 13.9. The molecule has 0 saturated carbocycles. The van der Waals surface area contributed by atoms with Crippen molar-refractivity contribution < 1.29 is 13.5 Å². The smallest absolute Gasteiger partial charge is 0.266 e. The molecule has 0 aliphatic heterocycles. The van der Waals surface area contributed by atoms with Gasteiger partial charge >= 0.3 is 0 Å². The Morgan fingerprint density at radius 1 is 1.15 bits per heavy atom. The van der Waals surface area contributed by atoms with Crippen molar-refractivity contribution in [2.75, 3.05) is 0 Å². The summed E-state index contributed by atoms with van der Waals surface area (Å²) in [6, 6.07) is 10.7. The second-order valence-corrected chi connectivity index (χ2v) is 6.61. The van der Waals surface area contributed by atoms with E-state index in [1.54, 1.807) is 6.92 Å². The molecular weight excluding hydrogens is 404 g/mol. The molecule has 1 N–H and O–H groups in total. The first-order chi connectivity index (χ1) is 12.4. The van der Waals surface area contributed by atoms with Crippen molar-refractivity contribution >= 4 is 15.9 Å². The lowest BCUT2D eigenvalue weighted by atomic mass is 10.0. The van der Waals surface area contributed by atoms with E-state index in [0.717, 1.165) is 23.3 Å². The van der Waals surface area contributed by atoms with Crippen LogP contribution >= 0.6 is 15.9 Å². The van der Waals surface area contributed by atoms with Crippen LogP contribution in [-0.2, 0) is 6.61 Å². The zero-order chi connectivity index (χ0) is 18.8. The molecule has 1 aromatic heterocycles. The summed E-state index contributed by atoms with van der Waals surface area (Å²) >= 11 is 3.25. The van der Waals surface area contributed by atoms with E-state index < -0.39 is 11.6 Å². The van der Waals surface area contributed by atoms with Gasteiger partial charge in [0.2, 0.25) is 0 Å². The van der Waals surface area contributed by atoms with Crippen LogP contribution in [0.25, 0.3) is 11.1 Å². The Labute approximate surface area is 157 Å². The second-order valence-electron chi connectivity index (χ2n) is 5.82. The zero-order valence-electron chi connectivity index (χ0n) is 13.9. The number of ether oxygens (including phenoxy) is 1. The first-order valence-corrected chi connectivity index (χ1v) is 8.57. The SMILES string of the molecule is [CH2]c1ccc(-c2c(C)[nH]c(=O)c(Br)c2OCc2ccc(F)cc2F)cc1. The summed E-state index contributed by atoms with van der Waals surface area (Å²) in [6.45, 7) is 5.47. The molecule has 3 aromatic rings. The van der Waals surface area contributed by atoms with Crippen molar-refractivity contribution in [2.45, 2.75) is 13.5 Å². The van der Waals surface area contributed by atoms with E-state index in [2.05, 4.69) is 27.8 Å². The Balaban J connectivity index is 2.05. The van der Waals surface area contributed by atoms with Crippen molar-refractivity contribution in [2.24, 2.45) is 0 Å². The molecule has 133 valence electrons. The van der Waals surface area contributed by atoms with Crippen molar-refractivity contribution in [3.63, 3.8) is 0 Å². The first-order valence-electron chi connectivity index (χ1n) is 7.78. The van der Waals surface area contributed by atoms with Crippen LogP contribution in [0.15, 0.2) is 51.7 Å². The zero-order valence-corrected chi connectivity index (χ0v) is 15.5. The summed E-state index contributed by atoms with van der Waals surface area (Å²) < 4.78 is 32.9. The number of pyridine rings is 1. The molecule has 0 saturated heterocycles. The molecule has 0 amide bonds. The molecular formula is C20H15BrF2NO2. The van der Waals surface area contributed by atoms with Gasteiger partial charge in [-0.1, -0.05) is 24.3 Å². The van der Waals surface area contributed by atoms with Crippen LogP contribution < -0.4 is 10.3 Å². The lowest BCUT2D eigenvalue weighted by Crippen LogP contribution is -2.13. The lowest BCUT2D eigenvalue weighted by Gasteiger charge is -2.16. The monoisotopic (exact) mass is 418 g/mol. The molecule has 0 fully saturated rings. The molecule has 0 unspecified atom stereocenters. The van der Waals surface area contributed by atoms with Crippen molar-refractivity contribution in [1.29, 1.82) is 0 Å². The van der Waals surface area contributed by atoms with Gasteiger partial charge in [-0.2, -0.15) is 0 Å². The summed E-state index contributed by atoms with van der Waals surface area (Å²) in [5, 5.41) is 0. The molecule has 0 aliphatic rings. The predicted molar refractivity (Wildman–Crippen MR) is 100 cm³/mol. The number of halogens is 3. The van der Waals surface area contributed by atoms with Gasteiger partial charge in [0.1, 0.15) is 28.5 Å². The van der Waals surface area contributed by atoms with Crippen LogP contribution in [0, 0.1) is 25.5 Å². The highest BCUT2D eigenvalue weighted by atomic mass is 79.9. The van der Waals surface area contributed by atoms with Crippen LogP contribution in [0.1, 0.15) is 16.8 Å². The highest BCUT2D eigenvalue weighted by Gasteiger charge is 2.18. The minimum absolute atomic E-state index is 0.145. The summed E-state index contributed by atoms with van der Waals surface area (Å²) in [4.78, 5) is 14.9. The number of aromatic amines is 1. The summed E-state index contributed by atoms with van der Waals surface area (Å²) in [6.07, 6.45) is 0. The van der Waals surface area contributed by atoms with Gasteiger partial charge in [-0.3, -0.25) is 4.79 Å². The minimum atomic E-state index is -0.703. The molecule has 0 bridgehead atoms. The van der Waals surface area contributed by atoms with Gasteiger partial charge < -0.3 is 9.72 Å². The fourth-order valence-corrected chi connectivity index (χ4v) is 3.03. The standard InChI is InChI=1S/C20H15BrF2NO2/c1-11-3-5-13(6-4-11)17-12(2)24-20(25)18(21)19(17)26-10-14-7-8-15(22)9-16(14)23/h3-9H,1,10H2,2H3,(H,24,25). The van der Waals surface area contributed by atoms with E-state index in [0.29, 0.717) is 17.0 Å². The summed E-state index contributed by atoms with van der Waals surface area (Å²) in [5.41, 5.74) is 2.81. The average Bonchev–Trinajstić information content (AvgIpc) is 2.59. The van der Waals surface area contributed by atoms with Gasteiger partial charge in [-0.15, -0.1) is 0 Å². The number of aryl methyl sites for hydroxylation is 1. The topological polar surface area (TPSA) is 42.1 Å². The Morgan fingerprint density at radius 2 is 1.85 bits per heavy atom. The van der Waals surface area contributed by atoms with Crippen molar-refractivity contribution in [3.8, 4) is 16.9 Å². The predicted octanol–water partition coefficient (Wildman–Crippen LogP) is 5.15. The third kappa shape index (κ3) is 3.70. The Kier molecular flexibility index (Phi) is 5.23. The number of aromatic nitrogens is 1. The van der Waals surface area contributed by atoms with E-state index in [1.165, 1.54) is 6.07 Å². The van der Waals surface area contributed by atoms with Crippen LogP contribution in [0.3, 0.4) is 0 Å². The Hall–Kier alpha value is -2.47. The maximum atomic E-state index is 13.9. The van der Waals surface area contributed by atoms with E-state index in [4.69, 9.17) is 4.74 Å². The average molecular weight is 419 g/mol. The number of H-pyrrole nitrogens is 1. The minimum Gasteiger partial charge on any atom is -0.487 e. The van der Waals surface area contributed by atoms with Crippen molar-refractivity contribution in [1.82, 2.24) is 4.98 Å². The second kappa shape index (κ2) is 7.41. The molecule has 0 aliphatic carbocycles. The Bertz CT molecular complexity index is 1010. The molecule has 0 spiro atoms. The molecule has 0 atom stereocenters. The maximum Gasteiger partial charge on any atom is 0.266 e. The van der Waals surface area contributed by atoms with Gasteiger partial charge in [0.25, 0.3) is 5.56 Å². The first kappa shape index (κ1) is 18.3. The van der Waals surface area contributed by atoms with Crippen LogP contribution in [0.2, 0.25) is 0 Å². The molecule has 26 heavy (non-hydrogen) atoms. The van der Waals surface area contributed by atoms with Crippen LogP contribution in [0.4, 0.5) is 8.78 Å². The third-order valence-corrected chi connectivity index (χ3v) is 4.65. The largest absolute Gasteiger partial charge is 0.487 e. The lowest BCUT2D eigenvalue weighted by molar-refractivity contribution is 0.298. The summed E-state index contributed by atoms with van der Waals surface area (Å²) in [5.74, 6) is -1.06. The van der Waals surface area contributed by atoms with Crippen LogP contribution in [0.5, 0.6) is 5.75 Å². The van der Waals surface area contributed by atoms with Crippen molar-refractivity contribution in [3.05, 3.63) is 92.7 Å². The molecule has 3 nitrogen and oxygen atoms in total. The number of benzene rings is 2. The molecule has 2 aromatic carbocycles. The van der Waals surface area contributed by atoms with Gasteiger partial charge in [0.15, 0.2) is 0 Å². The van der Waals surface area contributed by atoms with E-state index in [9.17, 15) is 13.6 Å². The van der Waals surface area contributed by atoms with E-state index in [-0.39, 0.29) is 22.2 Å². The van der Waals surface area contributed by atoms with Gasteiger partial charge in [-0.25, -0.2) is 8.78 Å². The summed E-state index contributed by atoms with van der Waals surface area (Å²) in [7, 11) is 0. The number of rotatable bonds is 4. The fraction of sp³-hybridized carbons (Fsp3) is 0.100. The third-order valence-electron chi connectivity index (χ3n) is 3.93. The molecule has 1 heterocycles. The normalized spacial score (nSPS) is 10.8.